The van der Waals surface area contributed by atoms with Gasteiger partial charge in [-0.1, -0.05) is 30.3 Å². The fourth-order valence-corrected chi connectivity index (χ4v) is 2.09. The third-order valence-electron chi connectivity index (χ3n) is 3.09. The minimum Gasteiger partial charge on any atom is -0.298 e. The summed E-state index contributed by atoms with van der Waals surface area (Å²) in [5.41, 5.74) is 0.153. The van der Waals surface area contributed by atoms with Crippen LogP contribution in [0.25, 0.3) is 0 Å². The van der Waals surface area contributed by atoms with E-state index in [2.05, 4.69) is 0 Å². The Labute approximate surface area is 120 Å². The summed E-state index contributed by atoms with van der Waals surface area (Å²) in [5, 5.41) is 10.7. The van der Waals surface area contributed by atoms with Gasteiger partial charge in [-0.15, -0.1) is 0 Å². The van der Waals surface area contributed by atoms with Crippen LogP contribution in [0, 0.1) is 21.7 Å². The number of hydrogen-bond acceptors (Lipinski definition) is 3. The Morgan fingerprint density at radius 3 is 2.33 bits per heavy atom. The van der Waals surface area contributed by atoms with Gasteiger partial charge in [-0.25, -0.2) is 4.39 Å². The second-order valence-electron chi connectivity index (χ2n) is 4.77. The van der Waals surface area contributed by atoms with E-state index in [0.29, 0.717) is 5.56 Å². The van der Waals surface area contributed by atoms with Crippen molar-refractivity contribution in [3.63, 3.8) is 0 Å². The molecule has 0 saturated carbocycles. The van der Waals surface area contributed by atoms with Gasteiger partial charge in [0.25, 0.3) is 0 Å². The number of hydrogen-bond donors (Lipinski definition) is 0. The normalized spacial score (nSPS) is 10.9. The second kappa shape index (κ2) is 6.41. The molecule has 0 aliphatic heterocycles. The van der Waals surface area contributed by atoms with Crippen molar-refractivity contribution in [1.82, 2.24) is 4.90 Å². The minimum atomic E-state index is -0.845. The summed E-state index contributed by atoms with van der Waals surface area (Å²) in [5.74, 6) is -1.17. The highest BCUT2D eigenvalue weighted by Gasteiger charge is 2.18. The van der Waals surface area contributed by atoms with Crippen LogP contribution in [0.5, 0.6) is 0 Å². The van der Waals surface area contributed by atoms with Crippen molar-refractivity contribution in [1.29, 1.82) is 0 Å². The van der Waals surface area contributed by atoms with Crippen LogP contribution in [-0.2, 0) is 13.1 Å². The van der Waals surface area contributed by atoms with Gasteiger partial charge in [-0.2, -0.15) is 4.39 Å². The lowest BCUT2D eigenvalue weighted by molar-refractivity contribution is -0.387. The zero-order chi connectivity index (χ0) is 15.4. The molecule has 2 aromatic carbocycles. The number of benzene rings is 2. The maximum absolute atomic E-state index is 14.0. The number of rotatable bonds is 5. The topological polar surface area (TPSA) is 46.4 Å². The van der Waals surface area contributed by atoms with E-state index in [4.69, 9.17) is 0 Å². The largest absolute Gasteiger partial charge is 0.305 e. The van der Waals surface area contributed by atoms with Crippen molar-refractivity contribution in [2.24, 2.45) is 0 Å². The molecule has 0 aliphatic rings. The Hall–Kier alpha value is -2.34. The van der Waals surface area contributed by atoms with Crippen LogP contribution >= 0.6 is 0 Å². The number of nitro groups is 1. The molecular weight excluding hydrogens is 278 g/mol. The Bertz CT molecular complexity index is 662. The summed E-state index contributed by atoms with van der Waals surface area (Å²) >= 11 is 0. The molecule has 0 bridgehead atoms. The molecule has 6 heteroatoms. The molecule has 0 radical (unpaired) electrons. The van der Waals surface area contributed by atoms with E-state index in [9.17, 15) is 18.9 Å². The zero-order valence-corrected chi connectivity index (χ0v) is 11.4. The summed E-state index contributed by atoms with van der Waals surface area (Å²) in [6.07, 6.45) is 0. The predicted molar refractivity (Wildman–Crippen MR) is 74.6 cm³/mol. The Morgan fingerprint density at radius 2 is 1.67 bits per heavy atom. The summed E-state index contributed by atoms with van der Waals surface area (Å²) < 4.78 is 27.5. The van der Waals surface area contributed by atoms with E-state index >= 15 is 0 Å². The highest BCUT2D eigenvalue weighted by molar-refractivity contribution is 5.36. The lowest BCUT2D eigenvalue weighted by Crippen LogP contribution is -2.19. The zero-order valence-electron chi connectivity index (χ0n) is 11.4. The van der Waals surface area contributed by atoms with E-state index in [1.165, 1.54) is 18.2 Å². The van der Waals surface area contributed by atoms with Crippen LogP contribution < -0.4 is 0 Å². The minimum absolute atomic E-state index is 0.155. The van der Waals surface area contributed by atoms with E-state index in [-0.39, 0.29) is 24.5 Å². The molecule has 0 unspecified atom stereocenters. The standard InChI is InChI=1S/C15H14F2N2O2/c1-18(9-11-5-2-3-7-13(11)16)10-12-6-4-8-14(15(12)17)19(20)21/h2-8H,9-10H2,1H3. The average Bonchev–Trinajstić information content (AvgIpc) is 2.43. The Kier molecular flexibility index (Phi) is 4.59. The van der Waals surface area contributed by atoms with Crippen molar-refractivity contribution in [2.75, 3.05) is 7.05 Å². The molecule has 0 heterocycles. The SMILES string of the molecule is CN(Cc1ccccc1F)Cc1cccc([N+](=O)[O-])c1F. The molecular formula is C15H14F2N2O2. The molecule has 110 valence electrons. The van der Waals surface area contributed by atoms with E-state index in [1.54, 1.807) is 30.1 Å². The molecule has 0 atom stereocenters. The first-order valence-electron chi connectivity index (χ1n) is 6.32. The molecule has 21 heavy (non-hydrogen) atoms. The van der Waals surface area contributed by atoms with E-state index in [0.717, 1.165) is 6.07 Å². The predicted octanol–water partition coefficient (Wildman–Crippen LogP) is 3.51. The van der Waals surface area contributed by atoms with Gasteiger partial charge in [0.2, 0.25) is 5.82 Å². The van der Waals surface area contributed by atoms with Crippen LogP contribution in [0.15, 0.2) is 42.5 Å². The highest BCUT2D eigenvalue weighted by Crippen LogP contribution is 2.21. The van der Waals surface area contributed by atoms with Gasteiger partial charge in [0, 0.05) is 30.3 Å². The second-order valence-corrected chi connectivity index (χ2v) is 4.77. The van der Waals surface area contributed by atoms with Gasteiger partial charge in [-0.3, -0.25) is 15.0 Å². The fraction of sp³-hybridized carbons (Fsp3) is 0.200. The summed E-state index contributed by atoms with van der Waals surface area (Å²) in [6.45, 7) is 0.441. The Balaban J connectivity index is 2.13. The van der Waals surface area contributed by atoms with Gasteiger partial charge in [0.1, 0.15) is 5.82 Å². The molecule has 2 rings (SSSR count). The van der Waals surface area contributed by atoms with E-state index in [1.807, 2.05) is 0 Å². The molecule has 0 amide bonds. The van der Waals surface area contributed by atoms with Gasteiger partial charge in [0.05, 0.1) is 4.92 Å². The fourth-order valence-electron chi connectivity index (χ4n) is 2.09. The first kappa shape index (κ1) is 15.1. The molecule has 0 spiro atoms. The third-order valence-corrected chi connectivity index (χ3v) is 3.09. The van der Waals surface area contributed by atoms with E-state index < -0.39 is 16.4 Å². The first-order valence-corrected chi connectivity index (χ1v) is 6.32. The molecule has 0 N–H and O–H groups in total. The van der Waals surface area contributed by atoms with Gasteiger partial charge in [-0.05, 0) is 13.1 Å². The average molecular weight is 292 g/mol. The lowest BCUT2D eigenvalue weighted by Gasteiger charge is -2.17. The molecule has 2 aromatic rings. The van der Waals surface area contributed by atoms with Crippen molar-refractivity contribution in [3.8, 4) is 0 Å². The van der Waals surface area contributed by atoms with Crippen LogP contribution in [0.2, 0.25) is 0 Å². The summed E-state index contributed by atoms with van der Waals surface area (Å²) in [7, 11) is 1.70. The van der Waals surface area contributed by atoms with Crippen LogP contribution in [0.1, 0.15) is 11.1 Å². The number of nitro benzene ring substituents is 1. The van der Waals surface area contributed by atoms with Gasteiger partial charge < -0.3 is 0 Å². The van der Waals surface area contributed by atoms with Crippen LogP contribution in [0.4, 0.5) is 14.5 Å². The van der Waals surface area contributed by atoms with Gasteiger partial charge >= 0.3 is 5.69 Å². The number of halogens is 2. The quantitative estimate of drug-likeness (QED) is 0.626. The third kappa shape index (κ3) is 3.61. The van der Waals surface area contributed by atoms with Crippen LogP contribution in [0.3, 0.4) is 0 Å². The van der Waals surface area contributed by atoms with Crippen molar-refractivity contribution < 1.29 is 13.7 Å². The van der Waals surface area contributed by atoms with Crippen molar-refractivity contribution >= 4 is 5.69 Å². The van der Waals surface area contributed by atoms with Crippen molar-refractivity contribution in [2.45, 2.75) is 13.1 Å². The maximum atomic E-state index is 14.0. The lowest BCUT2D eigenvalue weighted by atomic mass is 10.1. The molecule has 0 aliphatic carbocycles. The summed E-state index contributed by atoms with van der Waals surface area (Å²) in [4.78, 5) is 11.6. The molecule has 0 aromatic heterocycles. The molecule has 4 nitrogen and oxygen atoms in total. The molecule has 0 fully saturated rings. The maximum Gasteiger partial charge on any atom is 0.305 e. The van der Waals surface area contributed by atoms with Gasteiger partial charge in [0.15, 0.2) is 0 Å². The number of nitrogens with zero attached hydrogens (tertiary/aromatic N) is 2. The van der Waals surface area contributed by atoms with Crippen molar-refractivity contribution in [3.05, 3.63) is 75.3 Å². The smallest absolute Gasteiger partial charge is 0.298 e. The van der Waals surface area contributed by atoms with Crippen LogP contribution in [-0.4, -0.2) is 16.9 Å². The Morgan fingerprint density at radius 1 is 1.05 bits per heavy atom. The summed E-state index contributed by atoms with van der Waals surface area (Å²) in [6, 6.07) is 10.4. The first-order chi connectivity index (χ1) is 9.99. The monoisotopic (exact) mass is 292 g/mol. The molecule has 0 saturated heterocycles. The highest BCUT2D eigenvalue weighted by atomic mass is 19.1.